The molecule has 1 N–H and O–H groups in total. The maximum absolute atomic E-state index is 5.52. The maximum atomic E-state index is 5.52. The van der Waals surface area contributed by atoms with E-state index in [1.165, 1.54) is 12.8 Å². The number of hydrogen-bond acceptors (Lipinski definition) is 4. The quantitative estimate of drug-likeness (QED) is 0.928. The Labute approximate surface area is 119 Å². The number of hydrogen-bond donors (Lipinski definition) is 1. The first-order valence-corrected chi connectivity index (χ1v) is 7.38. The number of rotatable bonds is 4. The first kappa shape index (κ1) is 13.3. The van der Waals surface area contributed by atoms with E-state index in [9.17, 15) is 0 Å². The summed E-state index contributed by atoms with van der Waals surface area (Å²) in [4.78, 5) is 8.99. The van der Waals surface area contributed by atoms with Crippen LogP contribution in [-0.2, 0) is 4.74 Å². The van der Waals surface area contributed by atoms with Crippen LogP contribution < -0.4 is 5.32 Å². The highest BCUT2D eigenvalue weighted by atomic mass is 16.5. The highest BCUT2D eigenvalue weighted by Crippen LogP contribution is 2.21. The van der Waals surface area contributed by atoms with E-state index < -0.39 is 0 Å². The molecule has 1 aliphatic rings. The third-order valence-electron chi connectivity index (χ3n) is 3.81. The molecule has 0 saturated carbocycles. The van der Waals surface area contributed by atoms with Crippen LogP contribution in [0.5, 0.6) is 0 Å². The number of anilines is 1. The Morgan fingerprint density at radius 2 is 2.20 bits per heavy atom. The second-order valence-corrected chi connectivity index (χ2v) is 5.44. The van der Waals surface area contributed by atoms with Crippen LogP contribution in [0.1, 0.15) is 25.1 Å². The fourth-order valence-electron chi connectivity index (χ4n) is 2.76. The zero-order valence-corrected chi connectivity index (χ0v) is 11.9. The summed E-state index contributed by atoms with van der Waals surface area (Å²) in [5.41, 5.74) is 1.00. The highest BCUT2D eigenvalue weighted by molar-refractivity contribution is 5.88. The van der Waals surface area contributed by atoms with Crippen molar-refractivity contribution in [1.82, 2.24) is 9.97 Å². The Hall–Kier alpha value is -1.68. The van der Waals surface area contributed by atoms with E-state index in [1.807, 2.05) is 25.1 Å². The van der Waals surface area contributed by atoms with Crippen LogP contribution in [-0.4, -0.2) is 29.7 Å². The molecule has 1 atom stereocenters. The number of fused-ring (bicyclic) bond motifs is 1. The average molecular weight is 271 g/mol. The lowest BCUT2D eigenvalue weighted by molar-refractivity contribution is 0.0530. The van der Waals surface area contributed by atoms with Gasteiger partial charge in [0.1, 0.15) is 11.6 Å². The van der Waals surface area contributed by atoms with Crippen LogP contribution in [0.3, 0.4) is 0 Å². The number of aromatic nitrogens is 2. The number of benzene rings is 1. The van der Waals surface area contributed by atoms with Gasteiger partial charge in [-0.25, -0.2) is 9.97 Å². The lowest BCUT2D eigenvalue weighted by atomic mass is 9.99. The monoisotopic (exact) mass is 271 g/mol. The predicted octanol–water partition coefficient (Wildman–Crippen LogP) is 3.17. The van der Waals surface area contributed by atoms with E-state index in [0.29, 0.717) is 5.92 Å². The molecule has 4 heteroatoms. The topological polar surface area (TPSA) is 47.0 Å². The second-order valence-electron chi connectivity index (χ2n) is 5.44. The Morgan fingerprint density at radius 1 is 1.30 bits per heavy atom. The number of nitrogens with zero attached hydrogens (tertiary/aromatic N) is 2. The van der Waals surface area contributed by atoms with Crippen molar-refractivity contribution in [3.05, 3.63) is 30.1 Å². The van der Waals surface area contributed by atoms with E-state index >= 15 is 0 Å². The molecule has 1 aliphatic heterocycles. The van der Waals surface area contributed by atoms with Crippen molar-refractivity contribution >= 4 is 16.7 Å². The molecule has 0 radical (unpaired) electrons. The molecule has 0 amide bonds. The molecule has 0 aliphatic carbocycles. The van der Waals surface area contributed by atoms with E-state index in [2.05, 4.69) is 21.4 Å². The van der Waals surface area contributed by atoms with Crippen LogP contribution in [0.2, 0.25) is 0 Å². The molecule has 0 unspecified atom stereocenters. The largest absolute Gasteiger partial charge is 0.381 e. The van der Waals surface area contributed by atoms with Crippen molar-refractivity contribution < 1.29 is 4.74 Å². The molecule has 0 spiro atoms. The average Bonchev–Trinajstić information content (AvgIpc) is 2.48. The van der Waals surface area contributed by atoms with E-state index in [-0.39, 0.29) is 0 Å². The Balaban J connectivity index is 1.67. The van der Waals surface area contributed by atoms with Gasteiger partial charge in [0, 0.05) is 25.1 Å². The Bertz CT molecular complexity index is 579. The second kappa shape index (κ2) is 6.18. The number of aryl methyl sites for hydroxylation is 1. The summed E-state index contributed by atoms with van der Waals surface area (Å²) in [6.07, 6.45) is 3.61. The summed E-state index contributed by atoms with van der Waals surface area (Å²) in [5.74, 6) is 2.45. The molecule has 3 rings (SSSR count). The van der Waals surface area contributed by atoms with Crippen molar-refractivity contribution in [1.29, 1.82) is 0 Å². The normalized spacial score (nSPS) is 19.1. The van der Waals surface area contributed by atoms with Crippen molar-refractivity contribution in [2.24, 2.45) is 5.92 Å². The fourth-order valence-corrected chi connectivity index (χ4v) is 2.76. The first-order chi connectivity index (χ1) is 9.83. The van der Waals surface area contributed by atoms with Crippen molar-refractivity contribution in [2.75, 3.05) is 25.1 Å². The molecule has 1 aromatic heterocycles. The SMILES string of the molecule is Cc1nc(NCC[C@H]2CCCOC2)c2ccccc2n1. The molecule has 106 valence electrons. The minimum absolute atomic E-state index is 0.686. The summed E-state index contributed by atoms with van der Waals surface area (Å²) in [6, 6.07) is 8.14. The van der Waals surface area contributed by atoms with Gasteiger partial charge in [0.2, 0.25) is 0 Å². The van der Waals surface area contributed by atoms with Crippen molar-refractivity contribution in [3.63, 3.8) is 0 Å². The van der Waals surface area contributed by atoms with E-state index in [0.717, 1.165) is 48.7 Å². The van der Waals surface area contributed by atoms with Crippen molar-refractivity contribution in [3.8, 4) is 0 Å². The van der Waals surface area contributed by atoms with Crippen LogP contribution in [0, 0.1) is 12.8 Å². The fraction of sp³-hybridized carbons (Fsp3) is 0.500. The van der Waals surface area contributed by atoms with Crippen LogP contribution in [0.15, 0.2) is 24.3 Å². The molecule has 0 bridgehead atoms. The van der Waals surface area contributed by atoms with E-state index in [1.54, 1.807) is 0 Å². The molecular weight excluding hydrogens is 250 g/mol. The van der Waals surface area contributed by atoms with Crippen LogP contribution in [0.25, 0.3) is 10.9 Å². The van der Waals surface area contributed by atoms with Gasteiger partial charge in [-0.05, 0) is 44.2 Å². The molecule has 20 heavy (non-hydrogen) atoms. The Kier molecular flexibility index (Phi) is 4.11. The van der Waals surface area contributed by atoms with Gasteiger partial charge in [0.25, 0.3) is 0 Å². The zero-order chi connectivity index (χ0) is 13.8. The molecule has 1 fully saturated rings. The maximum Gasteiger partial charge on any atom is 0.137 e. The summed E-state index contributed by atoms with van der Waals surface area (Å²) >= 11 is 0. The summed E-state index contributed by atoms with van der Waals surface area (Å²) in [6.45, 7) is 4.71. The van der Waals surface area contributed by atoms with Gasteiger partial charge in [-0.15, -0.1) is 0 Å². The lowest BCUT2D eigenvalue weighted by Gasteiger charge is -2.22. The smallest absolute Gasteiger partial charge is 0.137 e. The molecule has 4 nitrogen and oxygen atoms in total. The molecular formula is C16H21N3O. The minimum Gasteiger partial charge on any atom is -0.381 e. The third kappa shape index (κ3) is 3.07. The molecule has 2 aromatic rings. The zero-order valence-electron chi connectivity index (χ0n) is 11.9. The van der Waals surface area contributed by atoms with Gasteiger partial charge in [0.15, 0.2) is 0 Å². The van der Waals surface area contributed by atoms with Gasteiger partial charge >= 0.3 is 0 Å². The molecule has 1 saturated heterocycles. The summed E-state index contributed by atoms with van der Waals surface area (Å²) in [5, 5.41) is 4.56. The highest BCUT2D eigenvalue weighted by Gasteiger charge is 2.13. The minimum atomic E-state index is 0.686. The summed E-state index contributed by atoms with van der Waals surface area (Å²) < 4.78 is 5.52. The van der Waals surface area contributed by atoms with Gasteiger partial charge in [-0.2, -0.15) is 0 Å². The first-order valence-electron chi connectivity index (χ1n) is 7.38. The lowest BCUT2D eigenvalue weighted by Crippen LogP contribution is -2.20. The molecule has 2 heterocycles. The van der Waals surface area contributed by atoms with Crippen molar-refractivity contribution in [2.45, 2.75) is 26.2 Å². The molecule has 1 aromatic carbocycles. The van der Waals surface area contributed by atoms with Crippen LogP contribution >= 0.6 is 0 Å². The number of para-hydroxylation sites is 1. The Morgan fingerprint density at radius 3 is 3.05 bits per heavy atom. The van der Waals surface area contributed by atoms with Gasteiger partial charge in [0.05, 0.1) is 5.52 Å². The third-order valence-corrected chi connectivity index (χ3v) is 3.81. The standard InChI is InChI=1S/C16H21N3O/c1-12-18-15-7-3-2-6-14(15)16(19-12)17-9-8-13-5-4-10-20-11-13/h2-3,6-7,13H,4-5,8-11H2,1H3,(H,17,18,19)/t13-/m1/s1. The van der Waals surface area contributed by atoms with E-state index in [4.69, 9.17) is 4.74 Å². The van der Waals surface area contributed by atoms with Gasteiger partial charge in [-0.3, -0.25) is 0 Å². The summed E-state index contributed by atoms with van der Waals surface area (Å²) in [7, 11) is 0. The number of nitrogens with one attached hydrogen (secondary N) is 1. The van der Waals surface area contributed by atoms with Gasteiger partial charge < -0.3 is 10.1 Å². The van der Waals surface area contributed by atoms with Crippen LogP contribution in [0.4, 0.5) is 5.82 Å². The van der Waals surface area contributed by atoms with Gasteiger partial charge in [-0.1, -0.05) is 12.1 Å². The predicted molar refractivity (Wildman–Crippen MR) is 80.9 cm³/mol. The number of ether oxygens (including phenoxy) is 1.